The van der Waals surface area contributed by atoms with Gasteiger partial charge < -0.3 is 5.32 Å². The van der Waals surface area contributed by atoms with E-state index in [0.29, 0.717) is 18.5 Å². The number of amides is 1. The first-order valence-electron chi connectivity index (χ1n) is 6.90. The molecule has 7 heteroatoms. The van der Waals surface area contributed by atoms with Gasteiger partial charge in [-0.1, -0.05) is 24.3 Å². The number of rotatable bonds is 9. The number of nitrogens with one attached hydrogen (secondary N) is 1. The third-order valence-electron chi connectivity index (χ3n) is 3.06. The van der Waals surface area contributed by atoms with Gasteiger partial charge in [0.05, 0.1) is 6.26 Å². The highest BCUT2D eigenvalue weighted by molar-refractivity contribution is 7.88. The summed E-state index contributed by atoms with van der Waals surface area (Å²) in [6.07, 6.45) is 3.00. The first-order chi connectivity index (χ1) is 10.3. The predicted molar refractivity (Wildman–Crippen MR) is 84.3 cm³/mol. The quantitative estimate of drug-likeness (QED) is 0.695. The minimum atomic E-state index is -3.36. The summed E-state index contributed by atoms with van der Waals surface area (Å²) in [5, 5.41) is 2.65. The van der Waals surface area contributed by atoms with Crippen molar-refractivity contribution >= 4 is 15.9 Å². The van der Waals surface area contributed by atoms with E-state index in [1.165, 1.54) is 16.4 Å². The van der Waals surface area contributed by atoms with E-state index in [1.807, 2.05) is 0 Å². The Labute approximate surface area is 130 Å². The van der Waals surface area contributed by atoms with E-state index in [4.69, 9.17) is 0 Å². The Morgan fingerprint density at radius 1 is 1.41 bits per heavy atom. The minimum absolute atomic E-state index is 0.0538. The van der Waals surface area contributed by atoms with E-state index in [0.717, 1.165) is 6.26 Å². The summed E-state index contributed by atoms with van der Waals surface area (Å²) in [6, 6.07) is 6.38. The fourth-order valence-electron chi connectivity index (χ4n) is 1.89. The van der Waals surface area contributed by atoms with Gasteiger partial charge in [0.25, 0.3) is 0 Å². The summed E-state index contributed by atoms with van der Waals surface area (Å²) in [5.41, 5.74) is 0.534. The highest BCUT2D eigenvalue weighted by Gasteiger charge is 2.16. The third-order valence-corrected chi connectivity index (χ3v) is 4.33. The van der Waals surface area contributed by atoms with Crippen molar-refractivity contribution in [1.29, 1.82) is 0 Å². The zero-order valence-corrected chi connectivity index (χ0v) is 13.4. The van der Waals surface area contributed by atoms with Gasteiger partial charge in [0, 0.05) is 26.1 Å². The molecule has 1 N–H and O–H groups in total. The number of hydrogen-bond donors (Lipinski definition) is 1. The van der Waals surface area contributed by atoms with Crippen molar-refractivity contribution in [2.24, 2.45) is 0 Å². The van der Waals surface area contributed by atoms with E-state index in [-0.39, 0.29) is 31.2 Å². The lowest BCUT2D eigenvalue weighted by Gasteiger charge is -2.17. The van der Waals surface area contributed by atoms with Crippen LogP contribution in [0.3, 0.4) is 0 Å². The summed E-state index contributed by atoms with van der Waals surface area (Å²) < 4.78 is 37.5. The summed E-state index contributed by atoms with van der Waals surface area (Å²) in [4.78, 5) is 11.7. The molecule has 1 aromatic rings. The lowest BCUT2D eigenvalue weighted by Crippen LogP contribution is -2.35. The number of sulfonamides is 1. The number of carbonyl (C=O) groups is 1. The summed E-state index contributed by atoms with van der Waals surface area (Å²) in [5.74, 6) is -0.569. The van der Waals surface area contributed by atoms with Crippen LogP contribution in [0.1, 0.15) is 12.0 Å². The van der Waals surface area contributed by atoms with Crippen LogP contribution in [0, 0.1) is 5.82 Å². The fraction of sp³-hybridized carbons (Fsp3) is 0.400. The maximum Gasteiger partial charge on any atom is 0.221 e. The van der Waals surface area contributed by atoms with Crippen LogP contribution >= 0.6 is 0 Å². The van der Waals surface area contributed by atoms with Crippen LogP contribution in [0.15, 0.2) is 36.9 Å². The summed E-state index contributed by atoms with van der Waals surface area (Å²) >= 11 is 0. The smallest absolute Gasteiger partial charge is 0.221 e. The maximum absolute atomic E-state index is 13.4. The number of nitrogens with zero attached hydrogens (tertiary/aromatic N) is 1. The van der Waals surface area contributed by atoms with Crippen LogP contribution in [-0.2, 0) is 21.2 Å². The fourth-order valence-corrected chi connectivity index (χ4v) is 2.69. The molecule has 0 aliphatic rings. The highest BCUT2D eigenvalue weighted by atomic mass is 32.2. The number of benzene rings is 1. The molecule has 0 saturated heterocycles. The topological polar surface area (TPSA) is 66.5 Å². The largest absolute Gasteiger partial charge is 0.356 e. The first-order valence-corrected chi connectivity index (χ1v) is 8.75. The average molecular weight is 328 g/mol. The SMILES string of the molecule is C=CCN(CCC(=O)NCCc1ccccc1F)S(C)(=O)=O. The standard InChI is InChI=1S/C15H21FN2O3S/c1-3-11-18(22(2,20)21)12-9-15(19)17-10-8-13-6-4-5-7-14(13)16/h3-7H,1,8-12H2,2H3,(H,17,19). The van der Waals surface area contributed by atoms with E-state index in [2.05, 4.69) is 11.9 Å². The van der Waals surface area contributed by atoms with Crippen molar-refractivity contribution < 1.29 is 17.6 Å². The zero-order chi connectivity index (χ0) is 16.6. The van der Waals surface area contributed by atoms with Crippen molar-refractivity contribution in [1.82, 2.24) is 9.62 Å². The van der Waals surface area contributed by atoms with Gasteiger partial charge in [-0.25, -0.2) is 12.8 Å². The molecule has 0 atom stereocenters. The molecule has 0 aliphatic carbocycles. The van der Waals surface area contributed by atoms with Crippen LogP contribution in [0.4, 0.5) is 4.39 Å². The Bertz CT molecular complexity index is 617. The molecule has 22 heavy (non-hydrogen) atoms. The van der Waals surface area contributed by atoms with Gasteiger partial charge in [0.2, 0.25) is 15.9 Å². The minimum Gasteiger partial charge on any atom is -0.356 e. The number of halogens is 1. The highest BCUT2D eigenvalue weighted by Crippen LogP contribution is 2.06. The van der Waals surface area contributed by atoms with E-state index in [9.17, 15) is 17.6 Å². The molecule has 122 valence electrons. The van der Waals surface area contributed by atoms with Gasteiger partial charge in [-0.15, -0.1) is 6.58 Å². The molecule has 0 saturated carbocycles. The Hall–Kier alpha value is -1.73. The second-order valence-corrected chi connectivity index (χ2v) is 6.83. The molecule has 0 spiro atoms. The van der Waals surface area contributed by atoms with Crippen molar-refractivity contribution in [2.45, 2.75) is 12.8 Å². The Balaban J connectivity index is 2.37. The van der Waals surface area contributed by atoms with Crippen molar-refractivity contribution in [3.63, 3.8) is 0 Å². The molecular weight excluding hydrogens is 307 g/mol. The molecule has 5 nitrogen and oxygen atoms in total. The molecule has 1 amide bonds. The summed E-state index contributed by atoms with van der Waals surface area (Å²) in [7, 11) is -3.36. The van der Waals surface area contributed by atoms with Crippen molar-refractivity contribution in [2.75, 3.05) is 25.9 Å². The second-order valence-electron chi connectivity index (χ2n) is 4.85. The number of carbonyl (C=O) groups excluding carboxylic acids is 1. The Kier molecular flexibility index (Phi) is 7.20. The first kappa shape index (κ1) is 18.3. The van der Waals surface area contributed by atoms with Gasteiger partial charge >= 0.3 is 0 Å². The maximum atomic E-state index is 13.4. The monoisotopic (exact) mass is 328 g/mol. The zero-order valence-electron chi connectivity index (χ0n) is 12.6. The van der Waals surface area contributed by atoms with Crippen LogP contribution < -0.4 is 5.32 Å². The van der Waals surface area contributed by atoms with Crippen molar-refractivity contribution in [3.8, 4) is 0 Å². The summed E-state index contributed by atoms with van der Waals surface area (Å²) in [6.45, 7) is 4.06. The molecule has 1 aromatic carbocycles. The van der Waals surface area contributed by atoms with Crippen LogP contribution in [0.25, 0.3) is 0 Å². The lowest BCUT2D eigenvalue weighted by molar-refractivity contribution is -0.121. The number of hydrogen-bond acceptors (Lipinski definition) is 3. The lowest BCUT2D eigenvalue weighted by atomic mass is 10.1. The normalized spacial score (nSPS) is 11.4. The molecule has 1 rings (SSSR count). The van der Waals surface area contributed by atoms with Gasteiger partial charge in [-0.3, -0.25) is 4.79 Å². The molecule has 0 radical (unpaired) electrons. The van der Waals surface area contributed by atoms with Gasteiger partial charge in [0.1, 0.15) is 5.82 Å². The van der Waals surface area contributed by atoms with Gasteiger partial charge in [0.15, 0.2) is 0 Å². The van der Waals surface area contributed by atoms with E-state index in [1.54, 1.807) is 18.2 Å². The van der Waals surface area contributed by atoms with E-state index >= 15 is 0 Å². The Morgan fingerprint density at radius 3 is 2.68 bits per heavy atom. The van der Waals surface area contributed by atoms with E-state index < -0.39 is 10.0 Å². The van der Waals surface area contributed by atoms with Crippen molar-refractivity contribution in [3.05, 3.63) is 48.3 Å². The predicted octanol–water partition coefficient (Wildman–Crippen LogP) is 1.32. The molecule has 0 heterocycles. The molecule has 0 unspecified atom stereocenters. The molecule has 0 fully saturated rings. The van der Waals surface area contributed by atoms with Crippen LogP contribution in [0.2, 0.25) is 0 Å². The molecule has 0 aromatic heterocycles. The van der Waals surface area contributed by atoms with Crippen LogP contribution in [0.5, 0.6) is 0 Å². The van der Waals surface area contributed by atoms with Gasteiger partial charge in [-0.2, -0.15) is 4.31 Å². The Morgan fingerprint density at radius 2 is 2.09 bits per heavy atom. The molecule has 0 bridgehead atoms. The molecular formula is C15H21FN2O3S. The second kappa shape index (κ2) is 8.65. The average Bonchev–Trinajstić information content (AvgIpc) is 2.44. The third kappa shape index (κ3) is 6.36. The van der Waals surface area contributed by atoms with Gasteiger partial charge in [-0.05, 0) is 18.1 Å². The molecule has 0 aliphatic heterocycles. The van der Waals surface area contributed by atoms with Crippen LogP contribution in [-0.4, -0.2) is 44.5 Å².